The maximum atomic E-state index is 5.31. The minimum Gasteiger partial charge on any atom is -0.495 e. The zero-order chi connectivity index (χ0) is 15.4. The number of aromatic nitrogens is 2. The number of rotatable bonds is 6. The molecule has 0 bridgehead atoms. The van der Waals surface area contributed by atoms with Gasteiger partial charge in [-0.3, -0.25) is 0 Å². The van der Waals surface area contributed by atoms with E-state index in [9.17, 15) is 0 Å². The molecule has 0 aliphatic heterocycles. The number of anilines is 2. The average molecular weight is 354 g/mol. The molecule has 21 heavy (non-hydrogen) atoms. The Morgan fingerprint density at radius 1 is 1.38 bits per heavy atom. The molecule has 114 valence electrons. The van der Waals surface area contributed by atoms with Crippen LogP contribution in [-0.2, 0) is 4.74 Å². The van der Waals surface area contributed by atoms with Crippen molar-refractivity contribution >= 4 is 27.6 Å². The van der Waals surface area contributed by atoms with E-state index in [0.29, 0.717) is 6.61 Å². The predicted molar refractivity (Wildman–Crippen MR) is 87.5 cm³/mol. The molecular weight excluding hydrogens is 334 g/mol. The van der Waals surface area contributed by atoms with Crippen molar-refractivity contribution in [2.24, 2.45) is 0 Å². The molecule has 5 nitrogen and oxygen atoms in total. The molecule has 1 unspecified atom stereocenters. The highest BCUT2D eigenvalue weighted by atomic mass is 79.9. The predicted octanol–water partition coefficient (Wildman–Crippen LogP) is 3.91. The van der Waals surface area contributed by atoms with E-state index in [4.69, 9.17) is 9.47 Å². The maximum Gasteiger partial charge on any atom is 0.207 e. The SMILES string of the molecule is COCC(C)n1cc(C)nc1Nc1ccc(Br)c(OC)c1. The van der Waals surface area contributed by atoms with Gasteiger partial charge in [-0.05, 0) is 41.9 Å². The van der Waals surface area contributed by atoms with Crippen LogP contribution in [0.2, 0.25) is 0 Å². The van der Waals surface area contributed by atoms with E-state index in [2.05, 4.69) is 37.7 Å². The van der Waals surface area contributed by atoms with Gasteiger partial charge in [0.1, 0.15) is 5.75 Å². The Kier molecular flexibility index (Phi) is 5.25. The monoisotopic (exact) mass is 353 g/mol. The van der Waals surface area contributed by atoms with Gasteiger partial charge in [0.15, 0.2) is 0 Å². The van der Waals surface area contributed by atoms with Gasteiger partial charge < -0.3 is 19.4 Å². The number of hydrogen-bond donors (Lipinski definition) is 1. The van der Waals surface area contributed by atoms with Crippen LogP contribution in [0.3, 0.4) is 0 Å². The molecule has 6 heteroatoms. The molecule has 2 rings (SSSR count). The van der Waals surface area contributed by atoms with Gasteiger partial charge in [0.2, 0.25) is 5.95 Å². The fourth-order valence-electron chi connectivity index (χ4n) is 2.13. The second kappa shape index (κ2) is 6.95. The van der Waals surface area contributed by atoms with Crippen molar-refractivity contribution < 1.29 is 9.47 Å². The second-order valence-corrected chi connectivity index (χ2v) is 5.75. The van der Waals surface area contributed by atoms with Crippen molar-refractivity contribution in [1.29, 1.82) is 0 Å². The van der Waals surface area contributed by atoms with E-state index in [1.165, 1.54) is 0 Å². The van der Waals surface area contributed by atoms with E-state index in [0.717, 1.165) is 27.6 Å². The minimum atomic E-state index is 0.205. The average Bonchev–Trinajstić information content (AvgIpc) is 2.82. The lowest BCUT2D eigenvalue weighted by atomic mass is 10.3. The number of hydrogen-bond acceptors (Lipinski definition) is 4. The molecule has 0 fully saturated rings. The number of benzene rings is 1. The van der Waals surface area contributed by atoms with Crippen LogP contribution in [0.4, 0.5) is 11.6 Å². The fourth-order valence-corrected chi connectivity index (χ4v) is 2.54. The van der Waals surface area contributed by atoms with Crippen LogP contribution < -0.4 is 10.1 Å². The zero-order valence-electron chi connectivity index (χ0n) is 12.7. The molecule has 0 saturated carbocycles. The molecule has 0 radical (unpaired) electrons. The highest BCUT2D eigenvalue weighted by Crippen LogP contribution is 2.29. The summed E-state index contributed by atoms with van der Waals surface area (Å²) in [5.41, 5.74) is 1.89. The summed E-state index contributed by atoms with van der Waals surface area (Å²) in [6, 6.07) is 6.05. The number of ether oxygens (including phenoxy) is 2. The van der Waals surface area contributed by atoms with Crippen LogP contribution in [0, 0.1) is 6.92 Å². The summed E-state index contributed by atoms with van der Waals surface area (Å²) in [7, 11) is 3.35. The van der Waals surface area contributed by atoms with Crippen LogP contribution in [0.5, 0.6) is 5.75 Å². The summed E-state index contributed by atoms with van der Waals surface area (Å²) in [4.78, 5) is 4.53. The highest BCUT2D eigenvalue weighted by Gasteiger charge is 2.12. The summed E-state index contributed by atoms with van der Waals surface area (Å²) in [5, 5.41) is 3.33. The molecule has 1 heterocycles. The lowest BCUT2D eigenvalue weighted by molar-refractivity contribution is 0.163. The Labute approximate surface area is 133 Å². The number of aryl methyl sites for hydroxylation is 1. The Balaban J connectivity index is 2.27. The molecule has 1 atom stereocenters. The van der Waals surface area contributed by atoms with Crippen molar-refractivity contribution in [2.45, 2.75) is 19.9 Å². The lowest BCUT2D eigenvalue weighted by Gasteiger charge is -2.16. The van der Waals surface area contributed by atoms with Crippen molar-refractivity contribution in [3.8, 4) is 5.75 Å². The van der Waals surface area contributed by atoms with Gasteiger partial charge >= 0.3 is 0 Å². The van der Waals surface area contributed by atoms with Crippen LogP contribution in [0.15, 0.2) is 28.9 Å². The first-order valence-corrected chi connectivity index (χ1v) is 7.49. The van der Waals surface area contributed by atoms with E-state index >= 15 is 0 Å². The van der Waals surface area contributed by atoms with Crippen LogP contribution >= 0.6 is 15.9 Å². The van der Waals surface area contributed by atoms with Gasteiger partial charge in [-0.25, -0.2) is 4.98 Å². The molecule has 0 amide bonds. The standard InChI is InChI=1S/C15H20BrN3O2/c1-10-8-19(11(2)9-20-3)15(17-10)18-12-5-6-13(16)14(7-12)21-4/h5-8,11H,9H2,1-4H3,(H,17,18). The molecule has 1 aromatic heterocycles. The summed E-state index contributed by atoms with van der Waals surface area (Å²) in [6.07, 6.45) is 2.02. The third-order valence-electron chi connectivity index (χ3n) is 3.14. The van der Waals surface area contributed by atoms with Gasteiger partial charge in [-0.1, -0.05) is 0 Å². The summed E-state index contributed by atoms with van der Waals surface area (Å²) in [6.45, 7) is 4.70. The van der Waals surface area contributed by atoms with Crippen molar-refractivity contribution in [2.75, 3.05) is 26.1 Å². The molecule has 0 aliphatic rings. The van der Waals surface area contributed by atoms with Crippen molar-refractivity contribution in [3.63, 3.8) is 0 Å². The third kappa shape index (κ3) is 3.77. The number of halogens is 1. The van der Waals surface area contributed by atoms with Crippen LogP contribution in [0.1, 0.15) is 18.7 Å². The molecule has 1 aromatic carbocycles. The number of imidazole rings is 1. The van der Waals surface area contributed by atoms with Gasteiger partial charge in [-0.15, -0.1) is 0 Å². The topological polar surface area (TPSA) is 48.3 Å². The molecular formula is C15H20BrN3O2. The Hall–Kier alpha value is -1.53. The molecule has 0 spiro atoms. The van der Waals surface area contributed by atoms with Gasteiger partial charge in [0.05, 0.1) is 29.9 Å². The van der Waals surface area contributed by atoms with E-state index in [1.54, 1.807) is 14.2 Å². The largest absolute Gasteiger partial charge is 0.495 e. The molecule has 2 aromatic rings. The third-order valence-corrected chi connectivity index (χ3v) is 3.80. The van der Waals surface area contributed by atoms with Crippen LogP contribution in [-0.4, -0.2) is 30.4 Å². The number of nitrogens with zero attached hydrogens (tertiary/aromatic N) is 2. The van der Waals surface area contributed by atoms with E-state index in [-0.39, 0.29) is 6.04 Å². The first kappa shape index (κ1) is 15.9. The van der Waals surface area contributed by atoms with E-state index < -0.39 is 0 Å². The maximum absolute atomic E-state index is 5.31. The molecule has 1 N–H and O–H groups in total. The Morgan fingerprint density at radius 2 is 2.14 bits per heavy atom. The summed E-state index contributed by atoms with van der Waals surface area (Å²) in [5.74, 6) is 1.57. The normalized spacial score (nSPS) is 12.2. The number of nitrogens with one attached hydrogen (secondary N) is 1. The Morgan fingerprint density at radius 3 is 2.81 bits per heavy atom. The quantitative estimate of drug-likeness (QED) is 0.854. The van der Waals surface area contributed by atoms with Gasteiger partial charge in [0, 0.05) is 25.1 Å². The second-order valence-electron chi connectivity index (χ2n) is 4.89. The number of methoxy groups -OCH3 is 2. The molecule has 0 saturated heterocycles. The van der Waals surface area contributed by atoms with Gasteiger partial charge in [0.25, 0.3) is 0 Å². The van der Waals surface area contributed by atoms with Crippen LogP contribution in [0.25, 0.3) is 0 Å². The summed E-state index contributed by atoms with van der Waals surface area (Å²) < 4.78 is 13.5. The highest BCUT2D eigenvalue weighted by molar-refractivity contribution is 9.10. The van der Waals surface area contributed by atoms with Gasteiger partial charge in [-0.2, -0.15) is 0 Å². The fraction of sp³-hybridized carbons (Fsp3) is 0.400. The minimum absolute atomic E-state index is 0.205. The Bertz CT molecular complexity index is 613. The molecule has 0 aliphatic carbocycles. The van der Waals surface area contributed by atoms with Crippen molar-refractivity contribution in [1.82, 2.24) is 9.55 Å². The van der Waals surface area contributed by atoms with Crippen molar-refractivity contribution in [3.05, 3.63) is 34.6 Å². The first-order chi connectivity index (χ1) is 10.0. The van der Waals surface area contributed by atoms with E-state index in [1.807, 2.05) is 31.3 Å². The first-order valence-electron chi connectivity index (χ1n) is 6.70. The zero-order valence-corrected chi connectivity index (χ0v) is 14.3. The smallest absolute Gasteiger partial charge is 0.207 e. The summed E-state index contributed by atoms with van der Waals surface area (Å²) >= 11 is 3.45. The lowest BCUT2D eigenvalue weighted by Crippen LogP contribution is -2.12.